The molecule has 0 bridgehead atoms. The molecule has 1 saturated heterocycles. The number of ether oxygens (including phenoxy) is 2. The van der Waals surface area contributed by atoms with E-state index < -0.39 is 24.0 Å². The molecule has 5 nitrogen and oxygen atoms in total. The van der Waals surface area contributed by atoms with E-state index in [0.29, 0.717) is 6.54 Å². The Morgan fingerprint density at radius 3 is 2.42 bits per heavy atom. The van der Waals surface area contributed by atoms with Gasteiger partial charge in [-0.25, -0.2) is 0 Å². The van der Waals surface area contributed by atoms with Gasteiger partial charge < -0.3 is 14.6 Å². The Morgan fingerprint density at radius 2 is 1.96 bits per heavy atom. The molecule has 5 heteroatoms. The van der Waals surface area contributed by atoms with Crippen LogP contribution in [0.3, 0.4) is 0 Å². The van der Waals surface area contributed by atoms with Gasteiger partial charge >= 0.3 is 0 Å². The summed E-state index contributed by atoms with van der Waals surface area (Å²) < 4.78 is 11.3. The smallest absolute Gasteiger partial charge is 0.163 e. The van der Waals surface area contributed by atoms with Crippen molar-refractivity contribution >= 4 is 0 Å². The molecule has 132 valence electrons. The van der Waals surface area contributed by atoms with E-state index >= 15 is 0 Å². The molecule has 1 aromatic carbocycles. The summed E-state index contributed by atoms with van der Waals surface area (Å²) in [5.74, 6) is -0.725. The second-order valence-electron chi connectivity index (χ2n) is 7.72. The number of benzene rings is 1. The average Bonchev–Trinajstić information content (AvgIpc) is 2.87. The SMILES string of the molecule is CC1(C)OC[C@H](C(O)C(C#N)N(Cc2ccccc2)C(C)(C)C)O1. The van der Waals surface area contributed by atoms with Crippen molar-refractivity contribution in [1.82, 2.24) is 4.90 Å². The number of aliphatic hydroxyl groups excluding tert-OH is 1. The average molecular weight is 332 g/mol. The first-order valence-corrected chi connectivity index (χ1v) is 8.34. The van der Waals surface area contributed by atoms with Gasteiger partial charge in [-0.3, -0.25) is 4.90 Å². The van der Waals surface area contributed by atoms with Crippen LogP contribution in [0.4, 0.5) is 0 Å². The topological polar surface area (TPSA) is 65.7 Å². The normalized spacial score (nSPS) is 23.0. The molecule has 1 N–H and O–H groups in total. The molecule has 3 atom stereocenters. The zero-order valence-corrected chi connectivity index (χ0v) is 15.2. The molecule has 1 aliphatic heterocycles. The van der Waals surface area contributed by atoms with E-state index in [0.717, 1.165) is 5.56 Å². The highest BCUT2D eigenvalue weighted by atomic mass is 16.7. The number of hydrogen-bond acceptors (Lipinski definition) is 5. The number of aliphatic hydroxyl groups is 1. The fourth-order valence-electron chi connectivity index (χ4n) is 2.95. The van der Waals surface area contributed by atoms with Crippen LogP contribution in [-0.2, 0) is 16.0 Å². The fraction of sp³-hybridized carbons (Fsp3) is 0.632. The predicted octanol–water partition coefficient (Wildman–Crippen LogP) is 2.69. The standard InChI is InChI=1S/C19H28N2O3/c1-18(2,3)21(12-14-9-7-6-8-10-14)15(11-20)17(22)16-13-23-19(4,5)24-16/h6-10,15-17,22H,12-13H2,1-5H3/t15?,16-,17?/m1/s1. The van der Waals surface area contributed by atoms with Crippen LogP contribution in [0, 0.1) is 11.3 Å². The Bertz CT molecular complexity index is 575. The van der Waals surface area contributed by atoms with Crippen molar-refractivity contribution in [1.29, 1.82) is 5.26 Å². The Kier molecular flexibility index (Phi) is 5.67. The zero-order chi connectivity index (χ0) is 18.0. The van der Waals surface area contributed by atoms with Crippen LogP contribution in [-0.4, -0.2) is 46.2 Å². The van der Waals surface area contributed by atoms with Gasteiger partial charge in [0.2, 0.25) is 0 Å². The fourth-order valence-corrected chi connectivity index (χ4v) is 2.95. The molecule has 1 heterocycles. The summed E-state index contributed by atoms with van der Waals surface area (Å²) in [6.45, 7) is 10.6. The molecule has 0 spiro atoms. The first-order chi connectivity index (χ1) is 11.1. The van der Waals surface area contributed by atoms with Crippen LogP contribution in [0.1, 0.15) is 40.2 Å². The van der Waals surface area contributed by atoms with E-state index in [1.165, 1.54) is 0 Å². The van der Waals surface area contributed by atoms with Gasteiger partial charge in [-0.15, -0.1) is 0 Å². The van der Waals surface area contributed by atoms with E-state index in [9.17, 15) is 10.4 Å². The summed E-state index contributed by atoms with van der Waals surface area (Å²) >= 11 is 0. The highest BCUT2D eigenvalue weighted by Crippen LogP contribution is 2.29. The predicted molar refractivity (Wildman–Crippen MR) is 92.0 cm³/mol. The Balaban J connectivity index is 2.21. The van der Waals surface area contributed by atoms with Crippen LogP contribution < -0.4 is 0 Å². The summed E-state index contributed by atoms with van der Waals surface area (Å²) in [5, 5.41) is 20.5. The molecule has 0 aliphatic carbocycles. The molecular formula is C19H28N2O3. The maximum atomic E-state index is 10.8. The lowest BCUT2D eigenvalue weighted by Gasteiger charge is -2.41. The van der Waals surface area contributed by atoms with Crippen LogP contribution in [0.2, 0.25) is 0 Å². The molecule has 0 aromatic heterocycles. The lowest BCUT2D eigenvalue weighted by atomic mass is 9.96. The van der Waals surface area contributed by atoms with Crippen molar-refractivity contribution in [2.45, 2.75) is 70.7 Å². The van der Waals surface area contributed by atoms with Gasteiger partial charge in [-0.05, 0) is 40.2 Å². The number of nitrogens with zero attached hydrogens (tertiary/aromatic N) is 2. The lowest BCUT2D eigenvalue weighted by Crippen LogP contribution is -2.55. The minimum atomic E-state index is -0.945. The Morgan fingerprint density at radius 1 is 1.33 bits per heavy atom. The van der Waals surface area contributed by atoms with Gasteiger partial charge in [-0.1, -0.05) is 30.3 Å². The molecule has 2 unspecified atom stereocenters. The van der Waals surface area contributed by atoms with Crippen LogP contribution in [0.15, 0.2) is 30.3 Å². The quantitative estimate of drug-likeness (QED) is 0.898. The van der Waals surface area contributed by atoms with Gasteiger partial charge in [0.15, 0.2) is 5.79 Å². The van der Waals surface area contributed by atoms with Gasteiger partial charge in [0, 0.05) is 12.1 Å². The monoisotopic (exact) mass is 332 g/mol. The molecule has 0 radical (unpaired) electrons. The molecule has 0 amide bonds. The van der Waals surface area contributed by atoms with Crippen molar-refractivity contribution < 1.29 is 14.6 Å². The first-order valence-electron chi connectivity index (χ1n) is 8.34. The minimum Gasteiger partial charge on any atom is -0.388 e. The first kappa shape index (κ1) is 18.9. The molecule has 2 rings (SSSR count). The lowest BCUT2D eigenvalue weighted by molar-refractivity contribution is -0.156. The van der Waals surface area contributed by atoms with Crippen molar-refractivity contribution in [3.8, 4) is 6.07 Å². The minimum absolute atomic E-state index is 0.286. The van der Waals surface area contributed by atoms with Gasteiger partial charge in [0.1, 0.15) is 18.2 Å². The van der Waals surface area contributed by atoms with E-state index in [1.807, 2.05) is 69.9 Å². The van der Waals surface area contributed by atoms with Crippen molar-refractivity contribution in [2.75, 3.05) is 6.61 Å². The zero-order valence-electron chi connectivity index (χ0n) is 15.2. The van der Waals surface area contributed by atoms with Crippen molar-refractivity contribution in [3.05, 3.63) is 35.9 Å². The van der Waals surface area contributed by atoms with Gasteiger partial charge in [0.05, 0.1) is 12.7 Å². The second kappa shape index (κ2) is 7.20. The number of rotatable bonds is 5. The van der Waals surface area contributed by atoms with Crippen LogP contribution >= 0.6 is 0 Å². The third-order valence-corrected chi connectivity index (χ3v) is 4.26. The van der Waals surface area contributed by atoms with Gasteiger partial charge in [0.25, 0.3) is 0 Å². The molecule has 24 heavy (non-hydrogen) atoms. The maximum absolute atomic E-state index is 10.8. The molecule has 0 saturated carbocycles. The summed E-state index contributed by atoms with van der Waals surface area (Å²) in [6.07, 6.45) is -1.45. The van der Waals surface area contributed by atoms with Gasteiger partial charge in [-0.2, -0.15) is 5.26 Å². The highest BCUT2D eigenvalue weighted by molar-refractivity contribution is 5.16. The van der Waals surface area contributed by atoms with E-state index in [2.05, 4.69) is 6.07 Å². The third kappa shape index (κ3) is 4.55. The van der Waals surface area contributed by atoms with E-state index in [1.54, 1.807) is 0 Å². The highest BCUT2D eigenvalue weighted by Gasteiger charge is 2.43. The number of nitriles is 1. The summed E-state index contributed by atoms with van der Waals surface area (Å²) in [6, 6.07) is 11.6. The number of hydrogen-bond donors (Lipinski definition) is 1. The Labute approximate surface area is 144 Å². The van der Waals surface area contributed by atoms with Crippen molar-refractivity contribution in [3.63, 3.8) is 0 Å². The van der Waals surface area contributed by atoms with E-state index in [4.69, 9.17) is 9.47 Å². The molecule has 1 aliphatic rings. The summed E-state index contributed by atoms with van der Waals surface area (Å²) in [5.41, 5.74) is 0.815. The molecular weight excluding hydrogens is 304 g/mol. The third-order valence-electron chi connectivity index (χ3n) is 4.26. The van der Waals surface area contributed by atoms with Crippen molar-refractivity contribution in [2.24, 2.45) is 0 Å². The molecule has 1 fully saturated rings. The Hall–Kier alpha value is -1.45. The summed E-state index contributed by atoms with van der Waals surface area (Å²) in [7, 11) is 0. The van der Waals surface area contributed by atoms with E-state index in [-0.39, 0.29) is 12.1 Å². The summed E-state index contributed by atoms with van der Waals surface area (Å²) in [4.78, 5) is 2.02. The van der Waals surface area contributed by atoms with Crippen LogP contribution in [0.5, 0.6) is 0 Å². The maximum Gasteiger partial charge on any atom is 0.163 e. The molecule has 1 aromatic rings. The second-order valence-corrected chi connectivity index (χ2v) is 7.72. The van der Waals surface area contributed by atoms with Crippen LogP contribution in [0.25, 0.3) is 0 Å². The largest absolute Gasteiger partial charge is 0.388 e.